The van der Waals surface area contributed by atoms with Crippen LogP contribution >= 0.6 is 0 Å². The highest BCUT2D eigenvalue weighted by Crippen LogP contribution is 2.37. The number of aryl methyl sites for hydroxylation is 1. The van der Waals surface area contributed by atoms with Crippen LogP contribution in [0.3, 0.4) is 0 Å². The second kappa shape index (κ2) is 7.03. The molecule has 0 unspecified atom stereocenters. The topological polar surface area (TPSA) is 110 Å². The Hall–Kier alpha value is -4.04. The molecule has 0 aliphatic heterocycles. The normalized spacial score (nSPS) is 12.7. The van der Waals surface area contributed by atoms with E-state index in [9.17, 15) is 19.6 Å². The van der Waals surface area contributed by atoms with Crippen LogP contribution in [0.4, 0.5) is 11.4 Å². The molecule has 0 radical (unpaired) electrons. The molecule has 3 N–H and O–H groups in total. The number of rotatable bonds is 4. The molecule has 31 heavy (non-hydrogen) atoms. The summed E-state index contributed by atoms with van der Waals surface area (Å²) in [4.78, 5) is 39.3. The van der Waals surface area contributed by atoms with Gasteiger partial charge in [0.1, 0.15) is 17.6 Å². The molecular formula is C23H19N4O4+. The van der Waals surface area contributed by atoms with Gasteiger partial charge in [0.2, 0.25) is 0 Å². The van der Waals surface area contributed by atoms with Gasteiger partial charge in [-0.25, -0.2) is 0 Å². The Morgan fingerprint density at radius 1 is 1.00 bits per heavy atom. The van der Waals surface area contributed by atoms with E-state index in [-0.39, 0.29) is 41.4 Å². The quantitative estimate of drug-likeness (QED) is 0.391. The molecule has 0 spiro atoms. The van der Waals surface area contributed by atoms with E-state index in [0.29, 0.717) is 27.0 Å². The number of fused-ring (bicyclic) bond motifs is 4. The van der Waals surface area contributed by atoms with Crippen molar-refractivity contribution >= 4 is 34.0 Å². The van der Waals surface area contributed by atoms with Crippen molar-refractivity contribution < 1.29 is 19.4 Å². The molecule has 1 aliphatic rings. The lowest BCUT2D eigenvalue weighted by Gasteiger charge is -2.21. The Kier molecular flexibility index (Phi) is 4.30. The summed E-state index contributed by atoms with van der Waals surface area (Å²) in [6.07, 6.45) is 0. The van der Waals surface area contributed by atoms with Gasteiger partial charge in [0.05, 0.1) is 28.3 Å². The minimum atomic E-state index is -0.332. The summed E-state index contributed by atoms with van der Waals surface area (Å²) in [5, 5.41) is 15.3. The summed E-state index contributed by atoms with van der Waals surface area (Å²) in [5.74, 6) is -0.621. The maximum absolute atomic E-state index is 13.5. The smallest absolute Gasteiger partial charge is 0.258 e. The molecule has 0 amide bonds. The van der Waals surface area contributed by atoms with Crippen LogP contribution in [0.25, 0.3) is 11.0 Å². The number of aromatic amines is 1. The predicted molar refractivity (Wildman–Crippen MR) is 115 cm³/mol. The minimum Gasteiger partial charge on any atom is -0.394 e. The second-order valence-corrected chi connectivity index (χ2v) is 7.50. The van der Waals surface area contributed by atoms with Crippen molar-refractivity contribution in [2.24, 2.45) is 0 Å². The minimum absolute atomic E-state index is 0.0326. The zero-order valence-corrected chi connectivity index (χ0v) is 16.7. The molecule has 0 bridgehead atoms. The number of H-pyrrole nitrogens is 1. The molecular weight excluding hydrogens is 396 g/mol. The van der Waals surface area contributed by atoms with Crippen LogP contribution in [0.1, 0.15) is 37.4 Å². The lowest BCUT2D eigenvalue weighted by Crippen LogP contribution is -2.30. The summed E-state index contributed by atoms with van der Waals surface area (Å²) in [6.45, 7) is 1.73. The summed E-state index contributed by atoms with van der Waals surface area (Å²) in [6, 6.07) is 16.0. The molecule has 0 atom stereocenters. The van der Waals surface area contributed by atoms with Crippen LogP contribution < -0.4 is 9.97 Å². The van der Waals surface area contributed by atoms with Crippen LogP contribution in [-0.4, -0.2) is 33.1 Å². The van der Waals surface area contributed by atoms with Crippen molar-refractivity contribution in [3.63, 3.8) is 0 Å². The number of aromatic nitrogens is 3. The lowest BCUT2D eigenvalue weighted by molar-refractivity contribution is -0.649. The molecule has 1 aliphatic carbocycles. The Bertz CT molecular complexity index is 1450. The van der Waals surface area contributed by atoms with E-state index < -0.39 is 0 Å². The molecule has 3 aromatic carbocycles. The van der Waals surface area contributed by atoms with Crippen LogP contribution in [-0.2, 0) is 6.54 Å². The Morgan fingerprint density at radius 2 is 1.71 bits per heavy atom. The van der Waals surface area contributed by atoms with E-state index in [1.165, 1.54) is 4.68 Å². The van der Waals surface area contributed by atoms with Crippen LogP contribution in [0, 0.1) is 11.8 Å². The summed E-state index contributed by atoms with van der Waals surface area (Å²) in [5.41, 5.74) is 3.88. The maximum atomic E-state index is 13.5. The molecule has 0 saturated heterocycles. The standard InChI is InChI=1S/C23H18N4O4/c1-13-5-4-6-14(11-13)24-17-12-18-21(25-27(31)26(18)9-10-28)20-19(17)22(29)15-7-2-3-8-16(15)23(20)30/h2-8,11-12,28H,9-10H2,1H3,(H-,24,25,29,30,31)/p+1. The third kappa shape index (κ3) is 2.88. The molecule has 1 heterocycles. The maximum Gasteiger partial charge on any atom is 0.258 e. The van der Waals surface area contributed by atoms with Crippen molar-refractivity contribution in [2.45, 2.75) is 13.5 Å². The van der Waals surface area contributed by atoms with Gasteiger partial charge in [-0.05, 0) is 30.7 Å². The van der Waals surface area contributed by atoms with Crippen LogP contribution in [0.15, 0.2) is 54.6 Å². The Labute approximate surface area is 176 Å². The van der Waals surface area contributed by atoms with Gasteiger partial charge in [-0.15, -0.1) is 0 Å². The van der Waals surface area contributed by atoms with Crippen LogP contribution in [0.5, 0.6) is 0 Å². The fourth-order valence-electron chi connectivity index (χ4n) is 4.13. The average molecular weight is 415 g/mol. The number of carbonyl (C=O) groups is 2. The highest BCUT2D eigenvalue weighted by Gasteiger charge is 2.36. The van der Waals surface area contributed by atoms with E-state index in [1.54, 1.807) is 30.3 Å². The zero-order chi connectivity index (χ0) is 21.7. The number of benzene rings is 3. The number of nitrogens with zero attached hydrogens (tertiary/aromatic N) is 2. The van der Waals surface area contributed by atoms with E-state index in [0.717, 1.165) is 11.3 Å². The average Bonchev–Trinajstić information content (AvgIpc) is 3.07. The zero-order valence-electron chi connectivity index (χ0n) is 16.7. The first-order valence-corrected chi connectivity index (χ1v) is 9.85. The lowest BCUT2D eigenvalue weighted by atomic mass is 9.82. The van der Waals surface area contributed by atoms with Gasteiger partial charge in [-0.1, -0.05) is 46.2 Å². The highest BCUT2D eigenvalue weighted by molar-refractivity contribution is 6.33. The summed E-state index contributed by atoms with van der Waals surface area (Å²) >= 11 is 0. The number of carbonyl (C=O) groups excluding carboxylic acids is 2. The monoisotopic (exact) mass is 415 g/mol. The number of anilines is 2. The van der Waals surface area contributed by atoms with E-state index >= 15 is 0 Å². The molecule has 8 heteroatoms. The molecule has 8 nitrogen and oxygen atoms in total. The second-order valence-electron chi connectivity index (χ2n) is 7.50. The first-order chi connectivity index (χ1) is 15.0. The van der Waals surface area contributed by atoms with Gasteiger partial charge in [0, 0.05) is 16.8 Å². The highest BCUT2D eigenvalue weighted by atomic mass is 16.3. The third-order valence-electron chi connectivity index (χ3n) is 5.49. The number of hydrogen-bond acceptors (Lipinski definition) is 5. The molecule has 0 fully saturated rings. The van der Waals surface area contributed by atoms with Gasteiger partial charge in [0.15, 0.2) is 11.6 Å². The number of aliphatic hydroxyl groups excluding tert-OH is 1. The number of ketones is 2. The molecule has 154 valence electrons. The van der Waals surface area contributed by atoms with E-state index in [2.05, 4.69) is 10.4 Å². The Balaban J connectivity index is 1.84. The summed E-state index contributed by atoms with van der Waals surface area (Å²) < 4.78 is 1.76. The van der Waals surface area contributed by atoms with Gasteiger partial charge in [0.25, 0.3) is 4.66 Å². The molecule has 5 rings (SSSR count). The first kappa shape index (κ1) is 19.0. The van der Waals surface area contributed by atoms with Crippen molar-refractivity contribution in [1.29, 1.82) is 0 Å². The van der Waals surface area contributed by atoms with E-state index in [4.69, 9.17) is 0 Å². The SMILES string of the molecule is Cc1cccc(Nc2cc3c([nH][n+](=O)n3CCO)c3c2C(=O)c2ccccc2C3=O)c1. The predicted octanol–water partition coefficient (Wildman–Crippen LogP) is 2.70. The third-order valence-corrected chi connectivity index (χ3v) is 5.49. The van der Waals surface area contributed by atoms with Gasteiger partial charge in [-0.2, -0.15) is 0 Å². The van der Waals surface area contributed by atoms with Gasteiger partial charge in [-0.3, -0.25) is 9.59 Å². The molecule has 0 saturated carbocycles. The number of hydrogen-bond donors (Lipinski definition) is 3. The molecule has 1 aromatic heterocycles. The van der Waals surface area contributed by atoms with Crippen LogP contribution in [0.2, 0.25) is 0 Å². The van der Waals surface area contributed by atoms with Crippen molar-refractivity contribution in [2.75, 3.05) is 11.9 Å². The van der Waals surface area contributed by atoms with Crippen molar-refractivity contribution in [3.8, 4) is 0 Å². The molecule has 4 aromatic rings. The van der Waals surface area contributed by atoms with Crippen molar-refractivity contribution in [1.82, 2.24) is 9.78 Å². The summed E-state index contributed by atoms with van der Waals surface area (Å²) in [7, 11) is 0. The largest absolute Gasteiger partial charge is 0.394 e. The fraction of sp³-hybridized carbons (Fsp3) is 0.130. The van der Waals surface area contributed by atoms with Gasteiger partial charge < -0.3 is 10.4 Å². The first-order valence-electron chi connectivity index (χ1n) is 9.85. The van der Waals surface area contributed by atoms with E-state index in [1.807, 2.05) is 31.2 Å². The Morgan fingerprint density at radius 3 is 2.39 bits per heavy atom. The van der Waals surface area contributed by atoms with Gasteiger partial charge >= 0.3 is 0 Å². The number of nitrogens with one attached hydrogen (secondary N) is 2. The fourth-order valence-corrected chi connectivity index (χ4v) is 4.13. The number of aliphatic hydroxyl groups is 1. The van der Waals surface area contributed by atoms with Crippen molar-refractivity contribution in [3.05, 3.63) is 87.3 Å².